The molecule has 3 aromatic rings. The van der Waals surface area contributed by atoms with Gasteiger partial charge in [0.25, 0.3) is 0 Å². The fourth-order valence-electron chi connectivity index (χ4n) is 3.92. The van der Waals surface area contributed by atoms with E-state index in [9.17, 15) is 4.79 Å². The molecule has 0 spiro atoms. The molecular formula is C22H25N5O. The molecule has 4 rings (SSSR count). The van der Waals surface area contributed by atoms with Gasteiger partial charge in [-0.25, -0.2) is 15.0 Å². The van der Waals surface area contributed by atoms with Gasteiger partial charge in [-0.05, 0) is 50.3 Å². The van der Waals surface area contributed by atoms with Crippen LogP contribution in [0.5, 0.6) is 0 Å². The number of rotatable bonds is 4. The summed E-state index contributed by atoms with van der Waals surface area (Å²) in [5.74, 6) is 1.24. The zero-order chi connectivity index (χ0) is 19.5. The standard InChI is InChI=1S/C22H25N5O/c1-15-24-21(23)17-11-12-18(26-22(17)25-15)19-9-5-6-14-27(19)20(28)13-10-16-7-3-2-4-8-16/h2-4,7-8,11-12,19H,5-6,9-10,13-14H2,1H3,(H2,23,24,25,26)/t19-/m0/s1. The summed E-state index contributed by atoms with van der Waals surface area (Å²) in [6.45, 7) is 2.59. The molecule has 1 aliphatic heterocycles. The van der Waals surface area contributed by atoms with Crippen molar-refractivity contribution >= 4 is 22.8 Å². The van der Waals surface area contributed by atoms with Crippen molar-refractivity contribution in [2.45, 2.75) is 45.1 Å². The Bertz CT molecular complexity index is 989. The van der Waals surface area contributed by atoms with E-state index in [1.807, 2.05) is 42.2 Å². The molecule has 0 saturated carbocycles. The lowest BCUT2D eigenvalue weighted by Gasteiger charge is -2.35. The summed E-state index contributed by atoms with van der Waals surface area (Å²) >= 11 is 0. The molecule has 2 N–H and O–H groups in total. The number of fused-ring (bicyclic) bond motifs is 1. The number of likely N-dealkylation sites (tertiary alicyclic amines) is 1. The van der Waals surface area contributed by atoms with Gasteiger partial charge >= 0.3 is 0 Å². The van der Waals surface area contributed by atoms with Crippen LogP contribution in [0.2, 0.25) is 0 Å². The molecule has 144 valence electrons. The van der Waals surface area contributed by atoms with Crippen molar-refractivity contribution in [2.24, 2.45) is 0 Å². The van der Waals surface area contributed by atoms with Crippen LogP contribution in [0.4, 0.5) is 5.82 Å². The van der Waals surface area contributed by atoms with Crippen LogP contribution in [0.1, 0.15) is 48.8 Å². The molecule has 0 bridgehead atoms. The molecule has 1 fully saturated rings. The van der Waals surface area contributed by atoms with Crippen LogP contribution >= 0.6 is 0 Å². The summed E-state index contributed by atoms with van der Waals surface area (Å²) in [7, 11) is 0. The summed E-state index contributed by atoms with van der Waals surface area (Å²) < 4.78 is 0. The number of hydrogen-bond donors (Lipinski definition) is 1. The van der Waals surface area contributed by atoms with Gasteiger partial charge in [0, 0.05) is 13.0 Å². The maximum absolute atomic E-state index is 13.0. The summed E-state index contributed by atoms with van der Waals surface area (Å²) in [6, 6.07) is 14.0. The van der Waals surface area contributed by atoms with Crippen molar-refractivity contribution in [1.82, 2.24) is 19.9 Å². The number of pyridine rings is 1. The van der Waals surface area contributed by atoms with Crippen LogP contribution in [0.3, 0.4) is 0 Å². The number of hydrogen-bond acceptors (Lipinski definition) is 5. The Morgan fingerprint density at radius 2 is 1.93 bits per heavy atom. The van der Waals surface area contributed by atoms with Crippen molar-refractivity contribution < 1.29 is 4.79 Å². The van der Waals surface area contributed by atoms with E-state index in [2.05, 4.69) is 22.1 Å². The fourth-order valence-corrected chi connectivity index (χ4v) is 3.92. The summed E-state index contributed by atoms with van der Waals surface area (Å²) in [6.07, 6.45) is 4.33. The lowest BCUT2D eigenvalue weighted by molar-refractivity contribution is -0.135. The molecular weight excluding hydrogens is 350 g/mol. The van der Waals surface area contributed by atoms with Crippen molar-refractivity contribution in [3.05, 3.63) is 59.5 Å². The first-order chi connectivity index (χ1) is 13.6. The monoisotopic (exact) mass is 375 g/mol. The molecule has 0 radical (unpaired) electrons. The van der Waals surface area contributed by atoms with E-state index in [1.54, 1.807) is 0 Å². The van der Waals surface area contributed by atoms with Crippen molar-refractivity contribution in [3.63, 3.8) is 0 Å². The Morgan fingerprint density at radius 3 is 2.75 bits per heavy atom. The molecule has 1 amide bonds. The van der Waals surface area contributed by atoms with Crippen LogP contribution in [0.25, 0.3) is 11.0 Å². The lowest BCUT2D eigenvalue weighted by Crippen LogP contribution is -2.39. The molecule has 1 aromatic carbocycles. The van der Waals surface area contributed by atoms with Gasteiger partial charge in [-0.15, -0.1) is 0 Å². The third-order valence-electron chi connectivity index (χ3n) is 5.36. The second kappa shape index (κ2) is 7.92. The topological polar surface area (TPSA) is 85.0 Å². The highest BCUT2D eigenvalue weighted by Crippen LogP contribution is 2.31. The highest BCUT2D eigenvalue weighted by Gasteiger charge is 2.29. The van der Waals surface area contributed by atoms with Gasteiger partial charge in [0.15, 0.2) is 5.65 Å². The predicted octanol–water partition coefficient (Wildman–Crippen LogP) is 3.60. The Kier molecular flexibility index (Phi) is 5.19. The maximum atomic E-state index is 13.0. The van der Waals surface area contributed by atoms with E-state index in [4.69, 9.17) is 10.7 Å². The van der Waals surface area contributed by atoms with Gasteiger partial charge in [0.2, 0.25) is 5.91 Å². The number of nitrogen functional groups attached to an aromatic ring is 1. The number of carbonyl (C=O) groups is 1. The third kappa shape index (κ3) is 3.81. The smallest absolute Gasteiger partial charge is 0.223 e. The Morgan fingerprint density at radius 1 is 1.11 bits per heavy atom. The SMILES string of the molecule is Cc1nc(N)c2ccc([C@@H]3CCCCN3C(=O)CCc3ccccc3)nc2n1. The number of benzene rings is 1. The minimum Gasteiger partial charge on any atom is -0.383 e. The van der Waals surface area contributed by atoms with Crippen LogP contribution in [0.15, 0.2) is 42.5 Å². The zero-order valence-corrected chi connectivity index (χ0v) is 16.1. The number of nitrogens with two attached hydrogens (primary N) is 1. The number of anilines is 1. The van der Waals surface area contributed by atoms with Crippen molar-refractivity contribution in [2.75, 3.05) is 12.3 Å². The average molecular weight is 375 g/mol. The molecule has 2 aromatic heterocycles. The Labute approximate surface area is 164 Å². The molecule has 0 aliphatic carbocycles. The van der Waals surface area contributed by atoms with Crippen LogP contribution in [-0.2, 0) is 11.2 Å². The molecule has 0 unspecified atom stereocenters. The quantitative estimate of drug-likeness (QED) is 0.753. The van der Waals surface area contributed by atoms with Crippen LogP contribution in [-0.4, -0.2) is 32.3 Å². The minimum absolute atomic E-state index is 0.00193. The lowest BCUT2D eigenvalue weighted by atomic mass is 9.97. The average Bonchev–Trinajstić information content (AvgIpc) is 2.72. The molecule has 6 nitrogen and oxygen atoms in total. The van der Waals surface area contributed by atoms with Gasteiger partial charge in [-0.2, -0.15) is 0 Å². The first-order valence-corrected chi connectivity index (χ1v) is 9.86. The largest absolute Gasteiger partial charge is 0.383 e. The van der Waals surface area contributed by atoms with Crippen molar-refractivity contribution in [1.29, 1.82) is 0 Å². The zero-order valence-electron chi connectivity index (χ0n) is 16.1. The van der Waals surface area contributed by atoms with E-state index in [-0.39, 0.29) is 11.9 Å². The Balaban J connectivity index is 1.56. The highest BCUT2D eigenvalue weighted by atomic mass is 16.2. The molecule has 3 heterocycles. The normalized spacial score (nSPS) is 17.0. The van der Waals surface area contributed by atoms with E-state index >= 15 is 0 Å². The number of nitrogens with zero attached hydrogens (tertiary/aromatic N) is 4. The summed E-state index contributed by atoms with van der Waals surface area (Å²) in [5, 5.41) is 0.757. The van der Waals surface area contributed by atoms with Crippen LogP contribution in [0, 0.1) is 6.92 Å². The molecule has 28 heavy (non-hydrogen) atoms. The van der Waals surface area contributed by atoms with Crippen LogP contribution < -0.4 is 5.73 Å². The minimum atomic E-state index is -0.00193. The second-order valence-corrected chi connectivity index (χ2v) is 7.35. The number of aromatic nitrogens is 3. The fraction of sp³-hybridized carbons (Fsp3) is 0.364. The summed E-state index contributed by atoms with van der Waals surface area (Å²) in [5.41, 5.74) is 8.68. The van der Waals surface area contributed by atoms with Gasteiger partial charge < -0.3 is 10.6 Å². The first kappa shape index (κ1) is 18.3. The maximum Gasteiger partial charge on any atom is 0.223 e. The van der Waals surface area contributed by atoms with Gasteiger partial charge in [0.1, 0.15) is 11.6 Å². The number of amides is 1. The van der Waals surface area contributed by atoms with Gasteiger partial charge in [-0.1, -0.05) is 30.3 Å². The molecule has 1 atom stereocenters. The van der Waals surface area contributed by atoms with Gasteiger partial charge in [-0.3, -0.25) is 4.79 Å². The number of carbonyl (C=O) groups excluding carboxylic acids is 1. The van der Waals surface area contributed by atoms with E-state index in [0.29, 0.717) is 23.7 Å². The third-order valence-corrected chi connectivity index (χ3v) is 5.36. The van der Waals surface area contributed by atoms with E-state index in [0.717, 1.165) is 43.3 Å². The highest BCUT2D eigenvalue weighted by molar-refractivity contribution is 5.85. The van der Waals surface area contributed by atoms with Crippen molar-refractivity contribution in [3.8, 4) is 0 Å². The van der Waals surface area contributed by atoms with E-state index < -0.39 is 0 Å². The number of piperidine rings is 1. The first-order valence-electron chi connectivity index (χ1n) is 9.86. The second-order valence-electron chi connectivity index (χ2n) is 7.35. The summed E-state index contributed by atoms with van der Waals surface area (Å²) in [4.78, 5) is 28.4. The van der Waals surface area contributed by atoms with E-state index in [1.165, 1.54) is 5.56 Å². The Hall–Kier alpha value is -3.02. The molecule has 1 aliphatic rings. The molecule has 1 saturated heterocycles. The van der Waals surface area contributed by atoms with Gasteiger partial charge in [0.05, 0.1) is 17.1 Å². The number of aryl methyl sites for hydroxylation is 2. The molecule has 6 heteroatoms. The predicted molar refractivity (Wildman–Crippen MR) is 110 cm³/mol.